The molecule has 0 saturated heterocycles. The zero-order valence-electron chi connectivity index (χ0n) is 9.55. The van der Waals surface area contributed by atoms with Crippen LogP contribution in [0.1, 0.15) is 17.5 Å². The van der Waals surface area contributed by atoms with Gasteiger partial charge in [0.05, 0.1) is 7.11 Å². The zero-order chi connectivity index (χ0) is 11.1. The molecule has 3 heteroatoms. The van der Waals surface area contributed by atoms with Crippen LogP contribution < -0.4 is 15.8 Å². The van der Waals surface area contributed by atoms with Gasteiger partial charge in [-0.15, -0.1) is 0 Å². The first-order chi connectivity index (χ1) is 7.27. The number of rotatable bonds is 6. The third-order valence-electron chi connectivity index (χ3n) is 2.35. The van der Waals surface area contributed by atoms with E-state index in [1.165, 1.54) is 11.1 Å². The Kier molecular flexibility index (Phi) is 5.15. The van der Waals surface area contributed by atoms with Gasteiger partial charge in [0.25, 0.3) is 0 Å². The van der Waals surface area contributed by atoms with Gasteiger partial charge in [-0.2, -0.15) is 0 Å². The van der Waals surface area contributed by atoms with Crippen molar-refractivity contribution in [2.45, 2.75) is 19.9 Å². The first kappa shape index (κ1) is 12.0. The van der Waals surface area contributed by atoms with Crippen LogP contribution in [0.25, 0.3) is 0 Å². The molecule has 0 aromatic heterocycles. The molecule has 0 saturated carbocycles. The molecule has 0 unspecified atom stereocenters. The van der Waals surface area contributed by atoms with Crippen LogP contribution in [0, 0.1) is 6.92 Å². The number of nitrogens with one attached hydrogen (secondary N) is 1. The minimum Gasteiger partial charge on any atom is -0.496 e. The molecule has 1 aromatic rings. The Balaban J connectivity index is 2.45. The van der Waals surface area contributed by atoms with Crippen molar-refractivity contribution in [2.75, 3.05) is 20.2 Å². The molecule has 0 heterocycles. The van der Waals surface area contributed by atoms with E-state index in [4.69, 9.17) is 10.5 Å². The van der Waals surface area contributed by atoms with Gasteiger partial charge in [0.2, 0.25) is 0 Å². The van der Waals surface area contributed by atoms with E-state index in [-0.39, 0.29) is 0 Å². The summed E-state index contributed by atoms with van der Waals surface area (Å²) < 4.78 is 5.21. The van der Waals surface area contributed by atoms with Gasteiger partial charge in [-0.1, -0.05) is 12.1 Å². The van der Waals surface area contributed by atoms with E-state index in [1.807, 2.05) is 6.07 Å². The number of hydrogen-bond donors (Lipinski definition) is 2. The van der Waals surface area contributed by atoms with Crippen molar-refractivity contribution in [1.82, 2.24) is 5.32 Å². The maximum absolute atomic E-state index is 5.41. The van der Waals surface area contributed by atoms with Crippen LogP contribution in [-0.4, -0.2) is 20.2 Å². The molecule has 0 spiro atoms. The number of benzene rings is 1. The minimum atomic E-state index is 0.745. The maximum Gasteiger partial charge on any atom is 0.121 e. The van der Waals surface area contributed by atoms with Crippen LogP contribution in [-0.2, 0) is 6.54 Å². The Bertz CT molecular complexity index is 300. The van der Waals surface area contributed by atoms with Crippen molar-refractivity contribution < 1.29 is 4.74 Å². The quantitative estimate of drug-likeness (QED) is 0.695. The van der Waals surface area contributed by atoms with E-state index < -0.39 is 0 Å². The van der Waals surface area contributed by atoms with Gasteiger partial charge in [0.1, 0.15) is 5.75 Å². The number of ether oxygens (including phenoxy) is 1. The summed E-state index contributed by atoms with van der Waals surface area (Å²) >= 11 is 0. The van der Waals surface area contributed by atoms with Gasteiger partial charge >= 0.3 is 0 Å². The van der Waals surface area contributed by atoms with Crippen molar-refractivity contribution in [3.63, 3.8) is 0 Å². The monoisotopic (exact) mass is 208 g/mol. The van der Waals surface area contributed by atoms with Gasteiger partial charge < -0.3 is 15.8 Å². The molecule has 15 heavy (non-hydrogen) atoms. The lowest BCUT2D eigenvalue weighted by Crippen LogP contribution is -2.17. The Morgan fingerprint density at radius 3 is 2.80 bits per heavy atom. The van der Waals surface area contributed by atoms with E-state index in [2.05, 4.69) is 24.4 Å². The molecule has 3 N–H and O–H groups in total. The van der Waals surface area contributed by atoms with Gasteiger partial charge in [-0.05, 0) is 43.6 Å². The van der Waals surface area contributed by atoms with Gasteiger partial charge in [-0.3, -0.25) is 0 Å². The third kappa shape index (κ3) is 3.90. The average molecular weight is 208 g/mol. The molecule has 0 bridgehead atoms. The molecule has 0 radical (unpaired) electrons. The smallest absolute Gasteiger partial charge is 0.121 e. The predicted octanol–water partition coefficient (Wildman–Crippen LogP) is 1.44. The second kappa shape index (κ2) is 6.43. The van der Waals surface area contributed by atoms with E-state index in [0.29, 0.717) is 0 Å². The predicted molar refractivity (Wildman–Crippen MR) is 63.1 cm³/mol. The first-order valence-electron chi connectivity index (χ1n) is 5.32. The molecular formula is C12H20N2O. The highest BCUT2D eigenvalue weighted by Crippen LogP contribution is 2.18. The van der Waals surface area contributed by atoms with E-state index in [1.54, 1.807) is 7.11 Å². The second-order valence-corrected chi connectivity index (χ2v) is 3.62. The van der Waals surface area contributed by atoms with Crippen LogP contribution in [0.3, 0.4) is 0 Å². The van der Waals surface area contributed by atoms with Gasteiger partial charge in [0.15, 0.2) is 0 Å². The molecule has 3 nitrogen and oxygen atoms in total. The summed E-state index contributed by atoms with van der Waals surface area (Å²) in [5, 5.41) is 3.35. The minimum absolute atomic E-state index is 0.745. The maximum atomic E-state index is 5.41. The largest absolute Gasteiger partial charge is 0.496 e. The Labute approximate surface area is 91.6 Å². The average Bonchev–Trinajstić information content (AvgIpc) is 2.25. The fourth-order valence-corrected chi connectivity index (χ4v) is 1.51. The van der Waals surface area contributed by atoms with Crippen LogP contribution in [0.5, 0.6) is 5.75 Å². The topological polar surface area (TPSA) is 47.3 Å². The molecule has 1 aromatic carbocycles. The fourth-order valence-electron chi connectivity index (χ4n) is 1.51. The second-order valence-electron chi connectivity index (χ2n) is 3.62. The lowest BCUT2D eigenvalue weighted by Gasteiger charge is -2.08. The Morgan fingerprint density at radius 2 is 2.20 bits per heavy atom. The molecule has 0 aliphatic heterocycles. The van der Waals surface area contributed by atoms with Crippen molar-refractivity contribution >= 4 is 0 Å². The number of aryl methyl sites for hydroxylation is 1. The van der Waals surface area contributed by atoms with Crippen LogP contribution >= 0.6 is 0 Å². The number of hydrogen-bond acceptors (Lipinski definition) is 3. The van der Waals surface area contributed by atoms with E-state index in [0.717, 1.165) is 31.8 Å². The van der Waals surface area contributed by atoms with Gasteiger partial charge in [-0.25, -0.2) is 0 Å². The molecule has 0 fully saturated rings. The lowest BCUT2D eigenvalue weighted by atomic mass is 10.1. The Morgan fingerprint density at radius 1 is 1.40 bits per heavy atom. The molecule has 84 valence electrons. The normalized spacial score (nSPS) is 10.3. The SMILES string of the molecule is COc1ccc(CNCCCN)cc1C. The van der Waals surface area contributed by atoms with Crippen LogP contribution in [0.15, 0.2) is 18.2 Å². The Hall–Kier alpha value is -1.06. The summed E-state index contributed by atoms with van der Waals surface area (Å²) in [7, 11) is 1.70. The summed E-state index contributed by atoms with van der Waals surface area (Å²) in [5.74, 6) is 0.945. The highest BCUT2D eigenvalue weighted by molar-refractivity contribution is 5.36. The number of nitrogens with two attached hydrogens (primary N) is 1. The summed E-state index contributed by atoms with van der Waals surface area (Å²) in [4.78, 5) is 0. The zero-order valence-corrected chi connectivity index (χ0v) is 9.55. The van der Waals surface area contributed by atoms with Crippen molar-refractivity contribution in [3.8, 4) is 5.75 Å². The standard InChI is InChI=1S/C12H20N2O/c1-10-8-11(4-5-12(10)15-2)9-14-7-3-6-13/h4-5,8,14H,3,6-7,9,13H2,1-2H3. The molecule has 0 aliphatic rings. The van der Waals surface area contributed by atoms with E-state index >= 15 is 0 Å². The molecule has 0 amide bonds. The fraction of sp³-hybridized carbons (Fsp3) is 0.500. The lowest BCUT2D eigenvalue weighted by molar-refractivity contribution is 0.411. The van der Waals surface area contributed by atoms with E-state index in [9.17, 15) is 0 Å². The van der Waals surface area contributed by atoms with Crippen LogP contribution in [0.2, 0.25) is 0 Å². The summed E-state index contributed by atoms with van der Waals surface area (Å²) in [5.41, 5.74) is 7.87. The third-order valence-corrected chi connectivity index (χ3v) is 2.35. The van der Waals surface area contributed by atoms with Crippen LogP contribution in [0.4, 0.5) is 0 Å². The summed E-state index contributed by atoms with van der Waals surface area (Å²) in [6.45, 7) is 4.67. The molecular weight excluding hydrogens is 188 g/mol. The van der Waals surface area contributed by atoms with Crippen molar-refractivity contribution in [3.05, 3.63) is 29.3 Å². The summed E-state index contributed by atoms with van der Waals surface area (Å²) in [6.07, 6.45) is 1.02. The molecule has 1 rings (SSSR count). The molecule has 0 aliphatic carbocycles. The first-order valence-corrected chi connectivity index (χ1v) is 5.32. The number of methoxy groups -OCH3 is 1. The van der Waals surface area contributed by atoms with Crippen molar-refractivity contribution in [2.24, 2.45) is 5.73 Å². The molecule has 0 atom stereocenters. The van der Waals surface area contributed by atoms with Crippen molar-refractivity contribution in [1.29, 1.82) is 0 Å². The van der Waals surface area contributed by atoms with Gasteiger partial charge in [0, 0.05) is 6.54 Å². The summed E-state index contributed by atoms with van der Waals surface area (Å²) in [6, 6.07) is 6.24. The highest BCUT2D eigenvalue weighted by atomic mass is 16.5. The highest BCUT2D eigenvalue weighted by Gasteiger charge is 1.99.